The summed E-state index contributed by atoms with van der Waals surface area (Å²) >= 11 is 0. The summed E-state index contributed by atoms with van der Waals surface area (Å²) in [5.74, 6) is -0.342. The van der Waals surface area contributed by atoms with Crippen molar-refractivity contribution in [3.8, 4) is 0 Å². The maximum Gasteiger partial charge on any atom is 0.243 e. The van der Waals surface area contributed by atoms with Crippen LogP contribution in [0.15, 0.2) is 0 Å². The Morgan fingerprint density at radius 1 is 1.29 bits per heavy atom. The Kier molecular flexibility index (Phi) is 9.01. The largest absolute Gasteiger partial charge is 0.352 e. The minimum absolute atomic E-state index is 0.0907. The number of likely N-dealkylation sites (N-methyl/N-ethyl adjacent to an activating group) is 1. The molecule has 1 aliphatic carbocycles. The summed E-state index contributed by atoms with van der Waals surface area (Å²) in [5.41, 5.74) is 5.19. The van der Waals surface area contributed by atoms with Crippen LogP contribution < -0.4 is 15.8 Å². The summed E-state index contributed by atoms with van der Waals surface area (Å²) in [4.78, 5) is 36.6. The van der Waals surface area contributed by atoms with E-state index in [9.17, 15) is 14.8 Å². The summed E-state index contributed by atoms with van der Waals surface area (Å²) in [6, 6.07) is 0.283. The fraction of sp³-hybridized carbons (Fsp3) is 0.739. The van der Waals surface area contributed by atoms with E-state index in [0.717, 1.165) is 25.7 Å². The van der Waals surface area contributed by atoms with E-state index in [1.807, 2.05) is 25.9 Å². The number of carbonyl (C=O) groups excluding carboxylic acids is 2. The van der Waals surface area contributed by atoms with Gasteiger partial charge in [0.15, 0.2) is 11.6 Å². The van der Waals surface area contributed by atoms with Crippen LogP contribution in [0.3, 0.4) is 0 Å². The van der Waals surface area contributed by atoms with Crippen LogP contribution in [0.25, 0.3) is 0 Å². The van der Waals surface area contributed by atoms with Crippen LogP contribution in [-0.4, -0.2) is 77.2 Å². The first-order valence-electron chi connectivity index (χ1n) is 12.2. The highest BCUT2D eigenvalue weighted by Gasteiger charge is 2.34. The first kappa shape index (κ1) is 26.1. The van der Waals surface area contributed by atoms with Crippen LogP contribution in [0, 0.1) is 23.6 Å². The van der Waals surface area contributed by atoms with Crippen molar-refractivity contribution in [2.45, 2.75) is 58.4 Å². The molecule has 11 heteroatoms. The number of hydrogen-bond donors (Lipinski definition) is 3. The molecule has 3 N–H and O–H groups in total. The molecular weight excluding hydrogens is 441 g/mol. The molecule has 1 aliphatic heterocycles. The van der Waals surface area contributed by atoms with Gasteiger partial charge in [0.2, 0.25) is 18.1 Å². The number of aromatic nitrogens is 2. The summed E-state index contributed by atoms with van der Waals surface area (Å²) in [5, 5.41) is 10.1. The van der Waals surface area contributed by atoms with E-state index in [4.69, 9.17) is 0 Å². The number of aryl methyl sites for hydroxylation is 1. The summed E-state index contributed by atoms with van der Waals surface area (Å²) in [7, 11) is 4.03. The Morgan fingerprint density at radius 2 is 2.00 bits per heavy atom. The van der Waals surface area contributed by atoms with E-state index < -0.39 is 17.6 Å². The van der Waals surface area contributed by atoms with Crippen molar-refractivity contribution in [3.63, 3.8) is 0 Å². The van der Waals surface area contributed by atoms with Crippen LogP contribution in [0.4, 0.5) is 16.0 Å². The van der Waals surface area contributed by atoms with Crippen LogP contribution in [0.5, 0.6) is 0 Å². The molecule has 190 valence electrons. The number of nitrogens with zero attached hydrogens (tertiary/aromatic N) is 5. The Morgan fingerprint density at radius 3 is 2.59 bits per heavy atom. The van der Waals surface area contributed by atoms with Crippen molar-refractivity contribution in [2.24, 2.45) is 17.8 Å². The lowest BCUT2D eigenvalue weighted by Gasteiger charge is -2.24. The second kappa shape index (κ2) is 11.7. The number of halogens is 1. The minimum atomic E-state index is -0.624. The van der Waals surface area contributed by atoms with Gasteiger partial charge in [-0.05, 0) is 32.4 Å². The summed E-state index contributed by atoms with van der Waals surface area (Å²) in [6.45, 7) is 5.23. The third-order valence-corrected chi connectivity index (χ3v) is 7.03. The predicted octanol–water partition coefficient (Wildman–Crippen LogP) is 2.05. The van der Waals surface area contributed by atoms with Crippen molar-refractivity contribution in [3.05, 3.63) is 11.6 Å². The Bertz CT molecular complexity index is 850. The number of carbonyl (C=O) groups is 2. The van der Waals surface area contributed by atoms with Crippen LogP contribution in [0.1, 0.15) is 51.8 Å². The van der Waals surface area contributed by atoms with Gasteiger partial charge >= 0.3 is 0 Å². The highest BCUT2D eigenvalue weighted by atomic mass is 19.1. The molecule has 0 aromatic carbocycles. The molecular formula is C23H38FN7O3. The lowest BCUT2D eigenvalue weighted by Crippen LogP contribution is -2.41. The topological polar surface area (TPSA) is 114 Å². The van der Waals surface area contributed by atoms with E-state index in [0.29, 0.717) is 48.7 Å². The molecule has 1 aromatic rings. The Hall–Kier alpha value is -2.53. The zero-order valence-corrected chi connectivity index (χ0v) is 20.6. The Balaban J connectivity index is 1.74. The quantitative estimate of drug-likeness (QED) is 0.251. The van der Waals surface area contributed by atoms with Crippen LogP contribution >= 0.6 is 0 Å². The zero-order chi connectivity index (χ0) is 24.8. The fourth-order valence-corrected chi connectivity index (χ4v) is 5.13. The smallest absolute Gasteiger partial charge is 0.243 e. The number of hydrazine groups is 1. The second-order valence-electron chi connectivity index (χ2n) is 9.82. The van der Waals surface area contributed by atoms with E-state index in [2.05, 4.69) is 32.6 Å². The third-order valence-electron chi connectivity index (χ3n) is 7.03. The maximum atomic E-state index is 15.5. The highest BCUT2D eigenvalue weighted by Crippen LogP contribution is 2.31. The Labute approximate surface area is 200 Å². The number of amides is 2. The number of anilines is 2. The highest BCUT2D eigenvalue weighted by molar-refractivity contribution is 5.80. The van der Waals surface area contributed by atoms with Crippen molar-refractivity contribution < 1.29 is 19.2 Å². The molecule has 2 fully saturated rings. The molecule has 1 saturated carbocycles. The molecule has 34 heavy (non-hydrogen) atoms. The van der Waals surface area contributed by atoms with Gasteiger partial charge < -0.3 is 9.80 Å². The van der Waals surface area contributed by atoms with Gasteiger partial charge in [0.1, 0.15) is 5.82 Å². The number of rotatable bonds is 11. The summed E-state index contributed by atoms with van der Waals surface area (Å²) < 4.78 is 15.5. The lowest BCUT2D eigenvalue weighted by molar-refractivity contribution is -0.154. The third kappa shape index (κ3) is 6.32. The van der Waals surface area contributed by atoms with Crippen molar-refractivity contribution in [2.75, 3.05) is 44.1 Å². The van der Waals surface area contributed by atoms with Gasteiger partial charge in [-0.1, -0.05) is 39.5 Å². The van der Waals surface area contributed by atoms with E-state index in [1.54, 1.807) is 0 Å². The van der Waals surface area contributed by atoms with Gasteiger partial charge in [-0.3, -0.25) is 25.6 Å². The van der Waals surface area contributed by atoms with Crippen molar-refractivity contribution in [1.82, 2.24) is 25.4 Å². The van der Waals surface area contributed by atoms with Gasteiger partial charge in [0.05, 0.1) is 12.5 Å². The van der Waals surface area contributed by atoms with E-state index in [-0.39, 0.29) is 30.6 Å². The van der Waals surface area contributed by atoms with Gasteiger partial charge in [-0.25, -0.2) is 15.0 Å². The van der Waals surface area contributed by atoms with E-state index >= 15 is 4.39 Å². The minimum Gasteiger partial charge on any atom is -0.352 e. The molecule has 1 aromatic heterocycles. The standard InChI is InChI=1S/C23H38FN7O3/c1-5-19-25-21(20(24)22(26-19)30-11-15(2)18(13-30)29(3)4)27-28-23(33)17(12-31(34)14-32)10-16-8-6-7-9-16/h14-18,34H,5-13H2,1-4H3,(H,28,33)(H,25,26,27)/t15-,17-,18-/m0/s1. The predicted molar refractivity (Wildman–Crippen MR) is 127 cm³/mol. The molecule has 10 nitrogen and oxygen atoms in total. The molecule has 2 heterocycles. The number of nitrogens with one attached hydrogen (secondary N) is 2. The average molecular weight is 480 g/mol. The molecule has 0 radical (unpaired) electrons. The number of hydrogen-bond acceptors (Lipinski definition) is 8. The van der Waals surface area contributed by atoms with E-state index in [1.165, 1.54) is 0 Å². The molecule has 2 aliphatic rings. The molecule has 0 unspecified atom stereocenters. The van der Waals surface area contributed by atoms with Gasteiger partial charge in [0.25, 0.3) is 0 Å². The normalized spacial score (nSPS) is 21.7. The maximum absolute atomic E-state index is 15.5. The van der Waals surface area contributed by atoms with Crippen LogP contribution in [0.2, 0.25) is 0 Å². The van der Waals surface area contributed by atoms with Gasteiger partial charge in [0, 0.05) is 25.6 Å². The molecule has 0 bridgehead atoms. The van der Waals surface area contributed by atoms with Crippen LogP contribution in [-0.2, 0) is 16.0 Å². The SMILES string of the molecule is CCc1nc(NNC(=O)[C@@H](CC2CCCC2)CN(O)C=O)c(F)c(N2C[C@H](C)[C@@H](N(C)C)C2)n1. The van der Waals surface area contributed by atoms with Crippen molar-refractivity contribution >= 4 is 24.0 Å². The van der Waals surface area contributed by atoms with Gasteiger partial charge in [-0.2, -0.15) is 4.39 Å². The first-order chi connectivity index (χ1) is 16.2. The monoisotopic (exact) mass is 479 g/mol. The van der Waals surface area contributed by atoms with Crippen molar-refractivity contribution in [1.29, 1.82) is 0 Å². The molecule has 3 atom stereocenters. The number of hydroxylamine groups is 2. The molecule has 3 rings (SSSR count). The zero-order valence-electron chi connectivity index (χ0n) is 20.6. The summed E-state index contributed by atoms with van der Waals surface area (Å²) in [6.07, 6.45) is 5.63. The second-order valence-corrected chi connectivity index (χ2v) is 9.82. The fourth-order valence-electron chi connectivity index (χ4n) is 5.13. The van der Waals surface area contributed by atoms with Gasteiger partial charge in [-0.15, -0.1) is 0 Å². The first-order valence-corrected chi connectivity index (χ1v) is 12.2. The molecule has 0 spiro atoms. The molecule has 1 saturated heterocycles. The lowest BCUT2D eigenvalue weighted by atomic mass is 9.92. The average Bonchev–Trinajstić information content (AvgIpc) is 3.47. The molecule has 2 amide bonds.